The summed E-state index contributed by atoms with van der Waals surface area (Å²) in [5.74, 6) is -1.43. The number of hydrogen-bond donors (Lipinski definition) is 1. The first-order valence-electron chi connectivity index (χ1n) is 3.89. The van der Waals surface area contributed by atoms with Gasteiger partial charge < -0.3 is 10.5 Å². The van der Waals surface area contributed by atoms with Gasteiger partial charge in [-0.25, -0.2) is 0 Å². The van der Waals surface area contributed by atoms with E-state index in [1.807, 2.05) is 0 Å². The molecule has 0 unspecified atom stereocenters. The van der Waals surface area contributed by atoms with Crippen molar-refractivity contribution in [3.05, 3.63) is 22.7 Å². The van der Waals surface area contributed by atoms with Gasteiger partial charge in [0.15, 0.2) is 5.75 Å². The molecule has 0 spiro atoms. The Morgan fingerprint density at radius 2 is 2.06 bits per heavy atom. The van der Waals surface area contributed by atoms with E-state index in [1.165, 1.54) is 0 Å². The van der Waals surface area contributed by atoms with E-state index >= 15 is 0 Å². The molecule has 1 aromatic carbocycles. The van der Waals surface area contributed by atoms with E-state index in [9.17, 15) is 17.1 Å². The second kappa shape index (κ2) is 4.26. The molecule has 0 heterocycles. The highest BCUT2D eigenvalue weighted by molar-refractivity contribution is 7.86. The minimum atomic E-state index is -5.04. The zero-order valence-electron chi connectivity index (χ0n) is 8.03. The molecule has 0 saturated heterocycles. The van der Waals surface area contributed by atoms with Crippen LogP contribution in [0.4, 0.5) is 3.89 Å². The van der Waals surface area contributed by atoms with Crippen molar-refractivity contribution in [1.29, 1.82) is 0 Å². The van der Waals surface area contributed by atoms with Gasteiger partial charge >= 0.3 is 10.2 Å². The van der Waals surface area contributed by atoms with Gasteiger partial charge in [0.05, 0.1) is 12.7 Å². The number of methoxy groups -OCH3 is 1. The number of rotatable bonds is 3. The summed E-state index contributed by atoms with van der Waals surface area (Å²) in [4.78, 5) is 10.2. The second-order valence-electron chi connectivity index (χ2n) is 2.79. The number of nitrogens with two attached hydrogens (primary N) is 1. The topological polar surface area (TPSA) is 86.5 Å². The fourth-order valence-electron chi connectivity index (χ4n) is 1.14. The van der Waals surface area contributed by atoms with Gasteiger partial charge in [-0.15, -0.1) is 3.89 Å². The number of primary amides is 1. The highest BCUT2D eigenvalue weighted by Gasteiger charge is 2.24. The molecule has 0 aliphatic heterocycles. The summed E-state index contributed by atoms with van der Waals surface area (Å²) >= 11 is 5.53. The van der Waals surface area contributed by atoms with Gasteiger partial charge in [-0.3, -0.25) is 4.79 Å². The Morgan fingerprint density at radius 1 is 1.50 bits per heavy atom. The van der Waals surface area contributed by atoms with Crippen molar-refractivity contribution in [3.63, 3.8) is 0 Å². The van der Waals surface area contributed by atoms with E-state index in [-0.39, 0.29) is 10.6 Å². The zero-order valence-corrected chi connectivity index (χ0v) is 9.60. The summed E-state index contributed by atoms with van der Waals surface area (Å²) in [6.45, 7) is 0. The van der Waals surface area contributed by atoms with Crippen molar-refractivity contribution in [3.8, 4) is 5.75 Å². The molecule has 5 nitrogen and oxygen atoms in total. The lowest BCUT2D eigenvalue weighted by Crippen LogP contribution is -2.14. The first-order chi connectivity index (χ1) is 7.27. The van der Waals surface area contributed by atoms with Gasteiger partial charge in [-0.2, -0.15) is 8.42 Å². The Morgan fingerprint density at radius 3 is 2.44 bits per heavy atom. The van der Waals surface area contributed by atoms with Gasteiger partial charge in [0.25, 0.3) is 5.91 Å². The Kier molecular flexibility index (Phi) is 3.39. The fraction of sp³-hybridized carbons (Fsp3) is 0.125. The van der Waals surface area contributed by atoms with Crippen LogP contribution in [0.3, 0.4) is 0 Å². The summed E-state index contributed by atoms with van der Waals surface area (Å²) in [6, 6.07) is 1.93. The Hall–Kier alpha value is -1.34. The molecule has 16 heavy (non-hydrogen) atoms. The number of hydrogen-bond acceptors (Lipinski definition) is 4. The van der Waals surface area contributed by atoms with E-state index in [0.29, 0.717) is 0 Å². The summed E-state index contributed by atoms with van der Waals surface area (Å²) in [7, 11) is -3.95. The molecular weight excluding hydrogens is 261 g/mol. The molecule has 0 aliphatic rings. The molecule has 0 radical (unpaired) electrons. The zero-order chi connectivity index (χ0) is 12.5. The number of amides is 1. The predicted octanol–water partition coefficient (Wildman–Crippen LogP) is 1.11. The average molecular weight is 268 g/mol. The monoisotopic (exact) mass is 267 g/mol. The highest BCUT2D eigenvalue weighted by atomic mass is 35.5. The Balaban J connectivity index is 3.68. The van der Waals surface area contributed by atoms with Crippen LogP contribution < -0.4 is 10.5 Å². The number of benzene rings is 1. The van der Waals surface area contributed by atoms with Crippen LogP contribution in [0.1, 0.15) is 10.4 Å². The highest BCUT2D eigenvalue weighted by Crippen LogP contribution is 2.32. The van der Waals surface area contributed by atoms with Crippen LogP contribution in [0.5, 0.6) is 5.75 Å². The maximum absolute atomic E-state index is 12.9. The number of halogens is 2. The first kappa shape index (κ1) is 12.7. The smallest absolute Gasteiger partial charge is 0.335 e. The maximum Gasteiger partial charge on any atom is 0.335 e. The van der Waals surface area contributed by atoms with E-state index in [0.717, 1.165) is 19.2 Å². The second-order valence-corrected chi connectivity index (χ2v) is 4.54. The first-order valence-corrected chi connectivity index (χ1v) is 5.65. The summed E-state index contributed by atoms with van der Waals surface area (Å²) in [5.41, 5.74) is 4.68. The standard InChI is InChI=1S/C8H7ClFNO4S/c1-15-7-5(8(11)12)2-4(9)3-6(7)16(10,13)14/h2-3H,1H3,(H2,11,12). The van der Waals surface area contributed by atoms with Crippen LogP contribution in [0, 0.1) is 0 Å². The lowest BCUT2D eigenvalue weighted by molar-refractivity contribution is 0.0997. The van der Waals surface area contributed by atoms with Crippen LogP contribution in [-0.4, -0.2) is 21.4 Å². The number of carbonyl (C=O) groups excluding carboxylic acids is 1. The van der Waals surface area contributed by atoms with Crippen molar-refractivity contribution in [2.24, 2.45) is 5.73 Å². The molecule has 0 aliphatic carbocycles. The number of ether oxygens (including phenoxy) is 1. The number of carbonyl (C=O) groups is 1. The van der Waals surface area contributed by atoms with Crippen LogP contribution in [-0.2, 0) is 10.2 Å². The van der Waals surface area contributed by atoms with E-state index in [1.54, 1.807) is 0 Å². The van der Waals surface area contributed by atoms with E-state index in [2.05, 4.69) is 4.74 Å². The summed E-state index contributed by atoms with van der Waals surface area (Å²) in [5, 5.41) is -0.133. The third-order valence-corrected chi connectivity index (χ3v) is 2.80. The molecule has 88 valence electrons. The lowest BCUT2D eigenvalue weighted by atomic mass is 10.2. The molecule has 0 aromatic heterocycles. The van der Waals surface area contributed by atoms with E-state index < -0.39 is 26.8 Å². The molecule has 0 fully saturated rings. The molecule has 1 amide bonds. The van der Waals surface area contributed by atoms with Crippen molar-refractivity contribution < 1.29 is 21.8 Å². The van der Waals surface area contributed by atoms with Crippen LogP contribution >= 0.6 is 11.6 Å². The molecule has 0 atom stereocenters. The van der Waals surface area contributed by atoms with Crippen molar-refractivity contribution in [2.75, 3.05) is 7.11 Å². The minimum Gasteiger partial charge on any atom is -0.494 e. The normalized spacial score (nSPS) is 11.2. The van der Waals surface area contributed by atoms with Gasteiger partial charge in [0.2, 0.25) is 0 Å². The SMILES string of the molecule is COc1c(C(N)=O)cc(Cl)cc1S(=O)(=O)F. The molecule has 0 saturated carbocycles. The van der Waals surface area contributed by atoms with Crippen LogP contribution in [0.25, 0.3) is 0 Å². The maximum atomic E-state index is 12.9. The van der Waals surface area contributed by atoms with Gasteiger partial charge in [0, 0.05) is 5.02 Å². The molecule has 1 rings (SSSR count). The van der Waals surface area contributed by atoms with Gasteiger partial charge in [-0.05, 0) is 12.1 Å². The quantitative estimate of drug-likeness (QED) is 0.831. The van der Waals surface area contributed by atoms with Crippen LogP contribution in [0.2, 0.25) is 5.02 Å². The van der Waals surface area contributed by atoms with Crippen LogP contribution in [0.15, 0.2) is 17.0 Å². The van der Waals surface area contributed by atoms with Crippen molar-refractivity contribution in [1.82, 2.24) is 0 Å². The Labute approximate surface area is 96.2 Å². The molecule has 2 N–H and O–H groups in total. The average Bonchev–Trinajstić information content (AvgIpc) is 2.14. The molecule has 1 aromatic rings. The van der Waals surface area contributed by atoms with Crippen molar-refractivity contribution >= 4 is 27.7 Å². The van der Waals surface area contributed by atoms with Gasteiger partial charge in [-0.1, -0.05) is 11.6 Å². The largest absolute Gasteiger partial charge is 0.494 e. The molecule has 8 heteroatoms. The molecule has 0 bridgehead atoms. The Bertz CT molecular complexity index is 543. The van der Waals surface area contributed by atoms with E-state index in [4.69, 9.17) is 17.3 Å². The summed E-state index contributed by atoms with van der Waals surface area (Å²) in [6.07, 6.45) is 0. The predicted molar refractivity (Wildman–Crippen MR) is 54.8 cm³/mol. The van der Waals surface area contributed by atoms with Gasteiger partial charge in [0.1, 0.15) is 4.90 Å². The minimum absolute atomic E-state index is 0.133. The fourth-order valence-corrected chi connectivity index (χ4v) is 2.11. The third kappa shape index (κ3) is 2.42. The molecular formula is C8H7ClFNO4S. The third-order valence-electron chi connectivity index (χ3n) is 1.75. The lowest BCUT2D eigenvalue weighted by Gasteiger charge is -2.09. The van der Waals surface area contributed by atoms with Crippen molar-refractivity contribution in [2.45, 2.75) is 4.90 Å². The summed E-state index contributed by atoms with van der Waals surface area (Å²) < 4.78 is 39.1.